The molecule has 0 radical (unpaired) electrons. The lowest BCUT2D eigenvalue weighted by atomic mass is 9.94. The highest BCUT2D eigenvalue weighted by Crippen LogP contribution is 2.33. The van der Waals surface area contributed by atoms with Crippen LogP contribution in [0.3, 0.4) is 0 Å². The molecule has 6 nitrogen and oxygen atoms in total. The number of carbonyl (C=O) groups is 3. The van der Waals surface area contributed by atoms with Crippen LogP contribution in [0.4, 0.5) is 0 Å². The summed E-state index contributed by atoms with van der Waals surface area (Å²) in [5, 5.41) is 12.6. The molecule has 0 saturated carbocycles. The molecule has 1 aliphatic carbocycles. The predicted octanol–water partition coefficient (Wildman–Crippen LogP) is 6.24. The van der Waals surface area contributed by atoms with Crippen molar-refractivity contribution in [3.8, 4) is 11.1 Å². The fourth-order valence-corrected chi connectivity index (χ4v) is 5.63. The molecule has 1 unspecified atom stereocenters. The summed E-state index contributed by atoms with van der Waals surface area (Å²) < 4.78 is 0. The van der Waals surface area contributed by atoms with E-state index in [0.29, 0.717) is 35.2 Å². The van der Waals surface area contributed by atoms with Crippen molar-refractivity contribution >= 4 is 17.8 Å². The van der Waals surface area contributed by atoms with Crippen LogP contribution in [-0.2, 0) is 17.6 Å². The van der Waals surface area contributed by atoms with E-state index in [1.165, 1.54) is 5.56 Å². The third-order valence-corrected chi connectivity index (χ3v) is 7.85. The monoisotopic (exact) mass is 546 g/mol. The Hall–Kier alpha value is -4.71. The van der Waals surface area contributed by atoms with Gasteiger partial charge in [-0.25, -0.2) is 0 Å². The second-order valence-electron chi connectivity index (χ2n) is 10.5. The summed E-state index contributed by atoms with van der Waals surface area (Å²) in [5.74, 6) is -1.40. The first kappa shape index (κ1) is 27.8. The summed E-state index contributed by atoms with van der Waals surface area (Å²) >= 11 is 0. The number of benzene rings is 4. The Morgan fingerprint density at radius 2 is 1.44 bits per heavy atom. The molecule has 4 aromatic carbocycles. The summed E-state index contributed by atoms with van der Waals surface area (Å²) in [4.78, 5) is 40.6. The molecule has 41 heavy (non-hydrogen) atoms. The number of fused-ring (bicyclic) bond motifs is 1. The molecule has 208 valence electrons. The van der Waals surface area contributed by atoms with Crippen LogP contribution in [0.2, 0.25) is 0 Å². The molecule has 4 aromatic rings. The van der Waals surface area contributed by atoms with E-state index in [1.54, 1.807) is 23.1 Å². The molecular formula is C35H34N2O4. The number of carbonyl (C=O) groups excluding carboxylic acids is 2. The second kappa shape index (κ2) is 12.6. The average Bonchev–Trinajstić information content (AvgIpc) is 3.40. The van der Waals surface area contributed by atoms with Crippen LogP contribution in [0, 0.1) is 6.92 Å². The van der Waals surface area contributed by atoms with E-state index in [4.69, 9.17) is 0 Å². The van der Waals surface area contributed by atoms with Crippen molar-refractivity contribution in [2.45, 2.75) is 38.6 Å². The molecule has 0 aromatic heterocycles. The first-order valence-corrected chi connectivity index (χ1v) is 14.0. The van der Waals surface area contributed by atoms with E-state index < -0.39 is 5.97 Å². The van der Waals surface area contributed by atoms with Gasteiger partial charge < -0.3 is 15.3 Å². The molecule has 0 aliphatic heterocycles. The van der Waals surface area contributed by atoms with Gasteiger partial charge in [-0.1, -0.05) is 84.9 Å². The van der Waals surface area contributed by atoms with Crippen molar-refractivity contribution in [2.75, 3.05) is 13.1 Å². The highest BCUT2D eigenvalue weighted by atomic mass is 16.4. The molecule has 0 heterocycles. The third kappa shape index (κ3) is 6.38. The molecule has 2 amide bonds. The van der Waals surface area contributed by atoms with Crippen molar-refractivity contribution < 1.29 is 19.5 Å². The van der Waals surface area contributed by atoms with Crippen LogP contribution in [-0.4, -0.2) is 40.9 Å². The number of aliphatic carboxylic acids is 1. The molecule has 1 aliphatic rings. The number of rotatable bonds is 10. The summed E-state index contributed by atoms with van der Waals surface area (Å²) in [6.45, 7) is 2.51. The molecule has 0 spiro atoms. The predicted molar refractivity (Wildman–Crippen MR) is 160 cm³/mol. The largest absolute Gasteiger partial charge is 0.481 e. The van der Waals surface area contributed by atoms with Crippen LogP contribution in [0.15, 0.2) is 97.1 Å². The zero-order chi connectivity index (χ0) is 28.8. The van der Waals surface area contributed by atoms with Crippen LogP contribution in [0.25, 0.3) is 11.1 Å². The number of carboxylic acids is 1. The van der Waals surface area contributed by atoms with Gasteiger partial charge in [0.25, 0.3) is 11.8 Å². The highest BCUT2D eigenvalue weighted by molar-refractivity contribution is 6.06. The van der Waals surface area contributed by atoms with Gasteiger partial charge >= 0.3 is 5.97 Å². The van der Waals surface area contributed by atoms with Crippen LogP contribution >= 0.6 is 0 Å². The second-order valence-corrected chi connectivity index (χ2v) is 10.5. The summed E-state index contributed by atoms with van der Waals surface area (Å²) in [6, 6.07) is 30.7. The number of hydrogen-bond donors (Lipinski definition) is 2. The number of nitrogens with zero attached hydrogens (tertiary/aromatic N) is 1. The summed E-state index contributed by atoms with van der Waals surface area (Å²) in [7, 11) is 0. The molecule has 2 N–H and O–H groups in total. The lowest BCUT2D eigenvalue weighted by molar-refractivity contribution is -0.137. The maximum absolute atomic E-state index is 14.0. The van der Waals surface area contributed by atoms with E-state index in [9.17, 15) is 19.5 Å². The van der Waals surface area contributed by atoms with Crippen molar-refractivity contribution in [1.82, 2.24) is 10.2 Å². The van der Waals surface area contributed by atoms with E-state index in [-0.39, 0.29) is 30.8 Å². The lowest BCUT2D eigenvalue weighted by Crippen LogP contribution is -2.35. The number of carboxylic acid groups (broad SMARTS) is 1. The molecule has 6 heteroatoms. The minimum absolute atomic E-state index is 0.0587. The Kier molecular flexibility index (Phi) is 8.59. The molecule has 5 rings (SSSR count). The molecule has 0 bridgehead atoms. The van der Waals surface area contributed by atoms with Gasteiger partial charge in [0.2, 0.25) is 0 Å². The quantitative estimate of drug-likeness (QED) is 0.247. The van der Waals surface area contributed by atoms with Gasteiger partial charge in [0.1, 0.15) is 0 Å². The van der Waals surface area contributed by atoms with E-state index in [0.717, 1.165) is 29.5 Å². The summed E-state index contributed by atoms with van der Waals surface area (Å²) in [6.07, 6.45) is 2.24. The summed E-state index contributed by atoms with van der Waals surface area (Å²) in [5.41, 5.74) is 6.89. The van der Waals surface area contributed by atoms with E-state index in [1.807, 2.05) is 73.7 Å². The molecule has 0 fully saturated rings. The highest BCUT2D eigenvalue weighted by Gasteiger charge is 2.26. The zero-order valence-electron chi connectivity index (χ0n) is 23.2. The minimum Gasteiger partial charge on any atom is -0.481 e. The van der Waals surface area contributed by atoms with Crippen molar-refractivity contribution in [2.24, 2.45) is 0 Å². The van der Waals surface area contributed by atoms with Crippen molar-refractivity contribution in [3.63, 3.8) is 0 Å². The Balaban J connectivity index is 1.43. The van der Waals surface area contributed by atoms with Crippen LogP contribution in [0.1, 0.15) is 61.9 Å². The van der Waals surface area contributed by atoms with Gasteiger partial charge in [-0.2, -0.15) is 0 Å². The number of amides is 2. The van der Waals surface area contributed by atoms with Gasteiger partial charge in [0.05, 0.1) is 12.5 Å². The van der Waals surface area contributed by atoms with Crippen LogP contribution < -0.4 is 5.32 Å². The Bertz CT molecular complexity index is 1580. The Labute approximate surface area is 240 Å². The van der Waals surface area contributed by atoms with Gasteiger partial charge in [0.15, 0.2) is 0 Å². The molecule has 0 saturated heterocycles. The van der Waals surface area contributed by atoms with E-state index >= 15 is 0 Å². The fourth-order valence-electron chi connectivity index (χ4n) is 5.63. The first-order valence-electron chi connectivity index (χ1n) is 14.0. The maximum Gasteiger partial charge on any atom is 0.305 e. The van der Waals surface area contributed by atoms with Gasteiger partial charge in [-0.15, -0.1) is 0 Å². The zero-order valence-corrected chi connectivity index (χ0v) is 23.2. The standard InChI is InChI=1S/C35H34N2O4/c1-24-10-2-3-11-25(24)20-22-37(23-21-33(38)39)35(41)31-17-9-7-15-29(31)28-14-6-8-16-30(28)34(40)36-32-19-18-26-12-4-5-13-27(26)32/h2-17,32H,18-23H2,1H3,(H,36,40)(H,38,39). The fraction of sp³-hybridized carbons (Fsp3) is 0.229. The minimum atomic E-state index is -0.956. The van der Waals surface area contributed by atoms with Gasteiger partial charge in [-0.3, -0.25) is 14.4 Å². The van der Waals surface area contributed by atoms with Gasteiger partial charge in [-0.05, 0) is 71.7 Å². The number of hydrogen-bond acceptors (Lipinski definition) is 3. The van der Waals surface area contributed by atoms with E-state index in [2.05, 4.69) is 17.4 Å². The van der Waals surface area contributed by atoms with Crippen molar-refractivity contribution in [3.05, 3.63) is 130 Å². The maximum atomic E-state index is 14.0. The lowest BCUT2D eigenvalue weighted by Gasteiger charge is -2.24. The van der Waals surface area contributed by atoms with Crippen molar-refractivity contribution in [1.29, 1.82) is 0 Å². The first-order chi connectivity index (χ1) is 19.9. The Morgan fingerprint density at radius 3 is 2.20 bits per heavy atom. The normalized spacial score (nSPS) is 13.8. The topological polar surface area (TPSA) is 86.7 Å². The van der Waals surface area contributed by atoms with Gasteiger partial charge in [0, 0.05) is 24.2 Å². The SMILES string of the molecule is Cc1ccccc1CCN(CCC(=O)O)C(=O)c1ccccc1-c1ccccc1C(=O)NC1CCc2ccccc21. The number of aryl methyl sites for hydroxylation is 2. The third-order valence-electron chi connectivity index (χ3n) is 7.85. The number of nitrogens with one attached hydrogen (secondary N) is 1. The molecule has 1 atom stereocenters. The Morgan fingerprint density at radius 1 is 0.805 bits per heavy atom. The average molecular weight is 547 g/mol. The van der Waals surface area contributed by atoms with Crippen LogP contribution in [0.5, 0.6) is 0 Å². The molecular weight excluding hydrogens is 512 g/mol. The smallest absolute Gasteiger partial charge is 0.305 e.